The van der Waals surface area contributed by atoms with Gasteiger partial charge in [-0.25, -0.2) is 4.39 Å². The Hall–Kier alpha value is -2.38. The summed E-state index contributed by atoms with van der Waals surface area (Å²) in [6.45, 7) is 0. The highest BCUT2D eigenvalue weighted by Crippen LogP contribution is 2.24. The molecule has 118 valence electrons. The third-order valence-electron chi connectivity index (χ3n) is 3.40. The zero-order valence-corrected chi connectivity index (χ0v) is 14.6. The van der Waals surface area contributed by atoms with Crippen LogP contribution >= 0.6 is 27.3 Å². The molecule has 4 nitrogen and oxygen atoms in total. The number of benzene rings is 2. The van der Waals surface area contributed by atoms with E-state index < -0.39 is 0 Å². The first-order valence-electron chi connectivity index (χ1n) is 7.11. The van der Waals surface area contributed by atoms with E-state index >= 15 is 0 Å². The fourth-order valence-corrected chi connectivity index (χ4v) is 3.22. The minimum absolute atomic E-state index is 0.245. The lowest BCUT2D eigenvalue weighted by Crippen LogP contribution is -1.90. The van der Waals surface area contributed by atoms with Crippen LogP contribution in [0.3, 0.4) is 0 Å². The fourth-order valence-electron chi connectivity index (χ4n) is 2.22. The Kier molecular flexibility index (Phi) is 3.95. The summed E-state index contributed by atoms with van der Waals surface area (Å²) in [6, 6.07) is 14.2. The van der Waals surface area contributed by atoms with E-state index in [2.05, 4.69) is 31.2 Å². The maximum Gasteiger partial charge on any atom is 0.235 e. The van der Waals surface area contributed by atoms with Gasteiger partial charge in [-0.2, -0.15) is 9.61 Å². The van der Waals surface area contributed by atoms with Gasteiger partial charge in [0.05, 0.1) is 0 Å². The standard InChI is InChI=1S/C17H10BrFN4S/c18-13-6-4-12(5-7-13)16-20-21-17-23(16)22-15(24-17)10-3-11-1-8-14(19)9-2-11/h1-10H/b10-3+. The average Bonchev–Trinajstić information content (AvgIpc) is 3.15. The second kappa shape index (κ2) is 6.26. The van der Waals surface area contributed by atoms with Crippen molar-refractivity contribution in [3.8, 4) is 11.4 Å². The van der Waals surface area contributed by atoms with Gasteiger partial charge < -0.3 is 0 Å². The van der Waals surface area contributed by atoms with Crippen molar-refractivity contribution in [2.24, 2.45) is 0 Å². The van der Waals surface area contributed by atoms with E-state index in [0.29, 0.717) is 5.82 Å². The predicted octanol–water partition coefficient (Wildman–Crippen LogP) is 4.92. The average molecular weight is 401 g/mol. The van der Waals surface area contributed by atoms with Gasteiger partial charge in [-0.3, -0.25) is 0 Å². The quantitative estimate of drug-likeness (QED) is 0.489. The molecule has 0 saturated heterocycles. The molecule has 24 heavy (non-hydrogen) atoms. The predicted molar refractivity (Wildman–Crippen MR) is 97.1 cm³/mol. The zero-order valence-electron chi connectivity index (χ0n) is 12.2. The van der Waals surface area contributed by atoms with Crippen LogP contribution in [0.25, 0.3) is 28.5 Å². The van der Waals surface area contributed by atoms with Gasteiger partial charge in [-0.05, 0) is 35.9 Å². The second-order valence-electron chi connectivity index (χ2n) is 5.05. The van der Waals surface area contributed by atoms with Gasteiger partial charge in [0, 0.05) is 10.0 Å². The van der Waals surface area contributed by atoms with Crippen LogP contribution < -0.4 is 0 Å². The van der Waals surface area contributed by atoms with E-state index in [1.165, 1.54) is 23.5 Å². The summed E-state index contributed by atoms with van der Waals surface area (Å²) in [5.74, 6) is 0.459. The van der Waals surface area contributed by atoms with Gasteiger partial charge in [0.2, 0.25) is 4.96 Å². The molecular formula is C17H10BrFN4S. The van der Waals surface area contributed by atoms with Crippen molar-refractivity contribution in [1.29, 1.82) is 0 Å². The van der Waals surface area contributed by atoms with Crippen molar-refractivity contribution in [2.45, 2.75) is 0 Å². The first kappa shape index (κ1) is 15.2. The minimum Gasteiger partial charge on any atom is -0.207 e. The summed E-state index contributed by atoms with van der Waals surface area (Å²) >= 11 is 4.87. The normalized spacial score (nSPS) is 11.6. The maximum absolute atomic E-state index is 12.9. The third-order valence-corrected chi connectivity index (χ3v) is 4.79. The van der Waals surface area contributed by atoms with Crippen LogP contribution in [0.5, 0.6) is 0 Å². The van der Waals surface area contributed by atoms with Crippen LogP contribution in [-0.4, -0.2) is 19.8 Å². The molecule has 0 aliphatic heterocycles. The molecule has 0 fully saturated rings. The Morgan fingerprint density at radius 1 is 0.958 bits per heavy atom. The molecule has 0 spiro atoms. The monoisotopic (exact) mass is 400 g/mol. The van der Waals surface area contributed by atoms with Gasteiger partial charge in [-0.1, -0.05) is 57.6 Å². The molecule has 2 aromatic heterocycles. The fraction of sp³-hybridized carbons (Fsp3) is 0. The van der Waals surface area contributed by atoms with E-state index in [1.807, 2.05) is 36.4 Å². The minimum atomic E-state index is -0.245. The summed E-state index contributed by atoms with van der Waals surface area (Å²) in [5, 5.41) is 13.7. The van der Waals surface area contributed by atoms with E-state index in [0.717, 1.165) is 25.6 Å². The molecular weight excluding hydrogens is 391 g/mol. The Labute approximate surface area is 149 Å². The zero-order chi connectivity index (χ0) is 16.5. The molecule has 4 aromatic rings. The second-order valence-corrected chi connectivity index (χ2v) is 6.95. The summed E-state index contributed by atoms with van der Waals surface area (Å²) < 4.78 is 15.7. The number of hydrogen-bond acceptors (Lipinski definition) is 4. The van der Waals surface area contributed by atoms with Crippen LogP contribution in [0, 0.1) is 5.82 Å². The lowest BCUT2D eigenvalue weighted by atomic mass is 10.2. The van der Waals surface area contributed by atoms with Crippen molar-refractivity contribution >= 4 is 44.4 Å². The largest absolute Gasteiger partial charge is 0.235 e. The Morgan fingerprint density at radius 3 is 2.46 bits per heavy atom. The smallest absolute Gasteiger partial charge is 0.207 e. The van der Waals surface area contributed by atoms with Crippen molar-refractivity contribution < 1.29 is 4.39 Å². The molecule has 0 aliphatic rings. The Morgan fingerprint density at radius 2 is 1.71 bits per heavy atom. The number of rotatable bonds is 3. The van der Waals surface area contributed by atoms with Gasteiger partial charge >= 0.3 is 0 Å². The Balaban J connectivity index is 1.66. The number of fused-ring (bicyclic) bond motifs is 1. The van der Waals surface area contributed by atoms with Crippen molar-refractivity contribution in [1.82, 2.24) is 19.8 Å². The summed E-state index contributed by atoms with van der Waals surface area (Å²) in [6.07, 6.45) is 3.78. The van der Waals surface area contributed by atoms with Crippen LogP contribution in [0.15, 0.2) is 53.0 Å². The van der Waals surface area contributed by atoms with E-state index in [-0.39, 0.29) is 5.82 Å². The molecule has 0 aliphatic carbocycles. The molecule has 0 bridgehead atoms. The van der Waals surface area contributed by atoms with E-state index in [4.69, 9.17) is 0 Å². The highest BCUT2D eigenvalue weighted by molar-refractivity contribution is 9.10. The van der Waals surface area contributed by atoms with E-state index in [1.54, 1.807) is 16.6 Å². The van der Waals surface area contributed by atoms with Crippen molar-refractivity contribution in [3.05, 3.63) is 69.4 Å². The number of hydrogen-bond donors (Lipinski definition) is 0. The summed E-state index contributed by atoms with van der Waals surface area (Å²) in [7, 11) is 0. The lowest BCUT2D eigenvalue weighted by Gasteiger charge is -1.96. The molecule has 2 aromatic carbocycles. The molecule has 0 unspecified atom stereocenters. The molecule has 0 atom stereocenters. The van der Waals surface area contributed by atoms with Gasteiger partial charge in [0.25, 0.3) is 0 Å². The SMILES string of the molecule is Fc1ccc(/C=C/c2nn3c(-c4ccc(Br)cc4)nnc3s2)cc1. The summed E-state index contributed by atoms with van der Waals surface area (Å²) in [4.78, 5) is 0.728. The lowest BCUT2D eigenvalue weighted by molar-refractivity contribution is 0.628. The van der Waals surface area contributed by atoms with Crippen LogP contribution in [0.4, 0.5) is 4.39 Å². The number of nitrogens with zero attached hydrogens (tertiary/aromatic N) is 4. The molecule has 0 amide bonds. The van der Waals surface area contributed by atoms with Gasteiger partial charge in [-0.15, -0.1) is 10.2 Å². The third kappa shape index (κ3) is 3.00. The molecule has 0 radical (unpaired) electrons. The van der Waals surface area contributed by atoms with Crippen LogP contribution in [0.1, 0.15) is 10.6 Å². The molecule has 4 rings (SSSR count). The van der Waals surface area contributed by atoms with E-state index in [9.17, 15) is 4.39 Å². The Bertz CT molecular complexity index is 1020. The maximum atomic E-state index is 12.9. The number of aromatic nitrogens is 4. The van der Waals surface area contributed by atoms with Crippen molar-refractivity contribution in [2.75, 3.05) is 0 Å². The molecule has 7 heteroatoms. The first-order valence-corrected chi connectivity index (χ1v) is 8.72. The van der Waals surface area contributed by atoms with Gasteiger partial charge in [0.1, 0.15) is 10.8 Å². The number of halogens is 2. The molecule has 0 saturated carbocycles. The summed E-state index contributed by atoms with van der Waals surface area (Å²) in [5.41, 5.74) is 1.86. The molecule has 2 heterocycles. The molecule has 0 N–H and O–H groups in total. The van der Waals surface area contributed by atoms with Crippen LogP contribution in [0.2, 0.25) is 0 Å². The van der Waals surface area contributed by atoms with Crippen molar-refractivity contribution in [3.63, 3.8) is 0 Å². The van der Waals surface area contributed by atoms with Crippen LogP contribution in [-0.2, 0) is 0 Å². The topological polar surface area (TPSA) is 43.1 Å². The first-order chi connectivity index (χ1) is 11.7. The highest BCUT2D eigenvalue weighted by Gasteiger charge is 2.12. The highest BCUT2D eigenvalue weighted by atomic mass is 79.9. The van der Waals surface area contributed by atoms with Gasteiger partial charge in [0.15, 0.2) is 5.82 Å².